The van der Waals surface area contributed by atoms with Crippen LogP contribution in [0.4, 0.5) is 4.39 Å². The number of amides is 1. The number of tetrazole rings is 1. The lowest BCUT2D eigenvalue weighted by Crippen LogP contribution is -2.28. The van der Waals surface area contributed by atoms with Gasteiger partial charge in [-0.3, -0.25) is 4.79 Å². The normalized spacial score (nSPS) is 10.6. The number of ether oxygens (including phenoxy) is 2. The number of halogens is 1. The van der Waals surface area contributed by atoms with Crippen molar-refractivity contribution < 1.29 is 18.7 Å². The van der Waals surface area contributed by atoms with E-state index in [1.807, 2.05) is 48.5 Å². The first-order chi connectivity index (χ1) is 16.1. The Morgan fingerprint density at radius 3 is 2.55 bits per heavy atom. The SMILES string of the molecule is COc1cc(CNC(=O)Cn2nnc(-c3ccc(F)cc3)n2)ccc1OCc1ccccc1. The summed E-state index contributed by atoms with van der Waals surface area (Å²) >= 11 is 0. The number of benzene rings is 3. The molecule has 8 nitrogen and oxygen atoms in total. The minimum Gasteiger partial charge on any atom is -0.493 e. The van der Waals surface area contributed by atoms with E-state index < -0.39 is 0 Å². The van der Waals surface area contributed by atoms with Crippen molar-refractivity contribution in [1.82, 2.24) is 25.5 Å². The first kappa shape index (κ1) is 21.9. The van der Waals surface area contributed by atoms with E-state index in [-0.39, 0.29) is 18.3 Å². The van der Waals surface area contributed by atoms with Gasteiger partial charge in [0.15, 0.2) is 11.5 Å². The smallest absolute Gasteiger partial charge is 0.243 e. The van der Waals surface area contributed by atoms with Crippen LogP contribution in [0.2, 0.25) is 0 Å². The molecule has 1 aromatic heterocycles. The lowest BCUT2D eigenvalue weighted by molar-refractivity contribution is -0.122. The fourth-order valence-corrected chi connectivity index (χ4v) is 3.09. The van der Waals surface area contributed by atoms with E-state index in [2.05, 4.69) is 20.7 Å². The molecule has 0 fully saturated rings. The molecule has 0 saturated heterocycles. The maximum atomic E-state index is 13.1. The highest BCUT2D eigenvalue weighted by Crippen LogP contribution is 2.28. The van der Waals surface area contributed by atoms with E-state index in [0.29, 0.717) is 36.0 Å². The molecule has 168 valence electrons. The molecule has 1 amide bonds. The number of carbonyl (C=O) groups is 1. The summed E-state index contributed by atoms with van der Waals surface area (Å²) in [4.78, 5) is 13.5. The van der Waals surface area contributed by atoms with Crippen LogP contribution in [0.25, 0.3) is 11.4 Å². The summed E-state index contributed by atoms with van der Waals surface area (Å²) in [5, 5.41) is 14.8. The van der Waals surface area contributed by atoms with Gasteiger partial charge < -0.3 is 14.8 Å². The van der Waals surface area contributed by atoms with Crippen molar-refractivity contribution in [3.05, 3.63) is 89.7 Å². The van der Waals surface area contributed by atoms with Crippen LogP contribution in [0.5, 0.6) is 11.5 Å². The van der Waals surface area contributed by atoms with Gasteiger partial charge in [-0.15, -0.1) is 10.2 Å². The Kier molecular flexibility index (Phi) is 6.89. The second kappa shape index (κ2) is 10.4. The van der Waals surface area contributed by atoms with E-state index in [4.69, 9.17) is 9.47 Å². The summed E-state index contributed by atoms with van der Waals surface area (Å²) in [6.45, 7) is 0.634. The second-order valence-corrected chi connectivity index (χ2v) is 7.19. The Balaban J connectivity index is 1.31. The molecule has 0 unspecified atom stereocenters. The topological polar surface area (TPSA) is 91.2 Å². The fraction of sp³-hybridized carbons (Fsp3) is 0.167. The highest BCUT2D eigenvalue weighted by molar-refractivity contribution is 5.75. The van der Waals surface area contributed by atoms with Crippen LogP contribution in [-0.4, -0.2) is 33.2 Å². The molecule has 9 heteroatoms. The average molecular weight is 447 g/mol. The number of rotatable bonds is 9. The Labute approximate surface area is 190 Å². The molecule has 33 heavy (non-hydrogen) atoms. The van der Waals surface area contributed by atoms with Crippen LogP contribution in [0, 0.1) is 5.82 Å². The van der Waals surface area contributed by atoms with E-state index in [1.54, 1.807) is 19.2 Å². The van der Waals surface area contributed by atoms with Gasteiger partial charge in [0.1, 0.15) is 19.0 Å². The summed E-state index contributed by atoms with van der Waals surface area (Å²) < 4.78 is 24.3. The van der Waals surface area contributed by atoms with Gasteiger partial charge in [-0.05, 0) is 52.7 Å². The van der Waals surface area contributed by atoms with Gasteiger partial charge in [0.05, 0.1) is 7.11 Å². The molecule has 0 aliphatic rings. The number of aromatic nitrogens is 4. The number of hydrogen-bond donors (Lipinski definition) is 1. The maximum Gasteiger partial charge on any atom is 0.243 e. The van der Waals surface area contributed by atoms with E-state index >= 15 is 0 Å². The Bertz CT molecular complexity index is 1210. The lowest BCUT2D eigenvalue weighted by atomic mass is 10.2. The van der Waals surface area contributed by atoms with Crippen LogP contribution < -0.4 is 14.8 Å². The van der Waals surface area contributed by atoms with E-state index in [1.165, 1.54) is 16.9 Å². The number of nitrogens with one attached hydrogen (secondary N) is 1. The van der Waals surface area contributed by atoms with Crippen LogP contribution in [0.3, 0.4) is 0 Å². The summed E-state index contributed by atoms with van der Waals surface area (Å²) in [5.41, 5.74) is 2.52. The van der Waals surface area contributed by atoms with Crippen molar-refractivity contribution in [2.75, 3.05) is 7.11 Å². The van der Waals surface area contributed by atoms with Crippen LogP contribution in [-0.2, 0) is 24.5 Å². The first-order valence-corrected chi connectivity index (χ1v) is 10.2. The fourth-order valence-electron chi connectivity index (χ4n) is 3.09. The Morgan fingerprint density at radius 2 is 1.79 bits per heavy atom. The molecule has 0 radical (unpaired) electrons. The highest BCUT2D eigenvalue weighted by atomic mass is 19.1. The molecule has 0 atom stereocenters. The summed E-state index contributed by atoms with van der Waals surface area (Å²) in [5.74, 6) is 0.897. The van der Waals surface area contributed by atoms with Gasteiger partial charge in [0, 0.05) is 12.1 Å². The van der Waals surface area contributed by atoms with Gasteiger partial charge in [0.25, 0.3) is 0 Å². The zero-order chi connectivity index (χ0) is 23.0. The third-order valence-electron chi connectivity index (χ3n) is 4.80. The predicted molar refractivity (Wildman–Crippen MR) is 119 cm³/mol. The number of carbonyl (C=O) groups excluding carboxylic acids is 1. The predicted octanol–water partition coefficient (Wildman–Crippen LogP) is 3.38. The molecule has 1 heterocycles. The van der Waals surface area contributed by atoms with Gasteiger partial charge in [-0.25, -0.2) is 4.39 Å². The minimum absolute atomic E-state index is 0.0937. The number of methoxy groups -OCH3 is 1. The summed E-state index contributed by atoms with van der Waals surface area (Å²) in [7, 11) is 1.57. The molecule has 0 bridgehead atoms. The molecule has 4 rings (SSSR count). The molecular weight excluding hydrogens is 425 g/mol. The van der Waals surface area contributed by atoms with E-state index in [9.17, 15) is 9.18 Å². The summed E-state index contributed by atoms with van der Waals surface area (Å²) in [6, 6.07) is 21.1. The molecule has 1 N–H and O–H groups in total. The van der Waals surface area contributed by atoms with Gasteiger partial charge in [-0.1, -0.05) is 36.4 Å². The summed E-state index contributed by atoms with van der Waals surface area (Å²) in [6.07, 6.45) is 0. The average Bonchev–Trinajstić information content (AvgIpc) is 3.31. The van der Waals surface area contributed by atoms with Crippen LogP contribution in [0.15, 0.2) is 72.8 Å². The lowest BCUT2D eigenvalue weighted by Gasteiger charge is -2.13. The molecular formula is C24H22FN5O3. The third-order valence-corrected chi connectivity index (χ3v) is 4.80. The molecule has 4 aromatic rings. The highest BCUT2D eigenvalue weighted by Gasteiger charge is 2.11. The van der Waals surface area contributed by atoms with E-state index in [0.717, 1.165) is 11.1 Å². The Hall–Kier alpha value is -4.27. The second-order valence-electron chi connectivity index (χ2n) is 7.19. The minimum atomic E-state index is -0.349. The third kappa shape index (κ3) is 5.91. The monoisotopic (exact) mass is 447 g/mol. The van der Waals surface area contributed by atoms with Crippen molar-refractivity contribution in [2.45, 2.75) is 19.7 Å². The van der Waals surface area contributed by atoms with Crippen molar-refractivity contribution in [1.29, 1.82) is 0 Å². The van der Waals surface area contributed by atoms with Gasteiger partial charge in [-0.2, -0.15) is 4.80 Å². The molecule has 0 spiro atoms. The van der Waals surface area contributed by atoms with Crippen molar-refractivity contribution in [3.8, 4) is 22.9 Å². The quantitative estimate of drug-likeness (QED) is 0.423. The molecule has 0 aliphatic heterocycles. The van der Waals surface area contributed by atoms with Gasteiger partial charge in [0.2, 0.25) is 11.7 Å². The molecule has 3 aromatic carbocycles. The van der Waals surface area contributed by atoms with Crippen LogP contribution in [0.1, 0.15) is 11.1 Å². The standard InChI is InChI=1S/C24H22FN5O3/c1-32-22-13-18(7-12-21(22)33-16-17-5-3-2-4-6-17)14-26-23(31)15-30-28-24(27-29-30)19-8-10-20(25)11-9-19/h2-13H,14-16H2,1H3,(H,26,31). The Morgan fingerprint density at radius 1 is 1.00 bits per heavy atom. The van der Waals surface area contributed by atoms with Gasteiger partial charge >= 0.3 is 0 Å². The van der Waals surface area contributed by atoms with Crippen molar-refractivity contribution in [3.63, 3.8) is 0 Å². The largest absolute Gasteiger partial charge is 0.493 e. The zero-order valence-corrected chi connectivity index (χ0v) is 17.9. The van der Waals surface area contributed by atoms with Crippen molar-refractivity contribution in [2.24, 2.45) is 0 Å². The first-order valence-electron chi connectivity index (χ1n) is 10.2. The zero-order valence-electron chi connectivity index (χ0n) is 17.9. The van der Waals surface area contributed by atoms with Crippen LogP contribution >= 0.6 is 0 Å². The maximum absolute atomic E-state index is 13.1. The van der Waals surface area contributed by atoms with Crippen molar-refractivity contribution >= 4 is 5.91 Å². The number of hydrogen-bond acceptors (Lipinski definition) is 6. The molecule has 0 saturated carbocycles. The molecule has 0 aliphatic carbocycles. The number of nitrogens with zero attached hydrogens (tertiary/aromatic N) is 4.